The molecule has 1 heterocycles. The molecule has 0 amide bonds. The summed E-state index contributed by atoms with van der Waals surface area (Å²) in [4.78, 5) is 2.52. The number of rotatable bonds is 8. The number of hydrogen-bond acceptors (Lipinski definition) is 3. The Bertz CT molecular complexity index is 181. The van der Waals surface area contributed by atoms with Crippen LogP contribution in [0.2, 0.25) is 0 Å². The molecule has 1 saturated heterocycles. The monoisotopic (exact) mass is 242 g/mol. The smallest absolute Gasteiger partial charge is 0.0615 e. The summed E-state index contributed by atoms with van der Waals surface area (Å²) >= 11 is 0. The zero-order valence-corrected chi connectivity index (χ0v) is 11.9. The van der Waals surface area contributed by atoms with Gasteiger partial charge in [0.15, 0.2) is 0 Å². The third-order valence-electron chi connectivity index (χ3n) is 3.85. The fourth-order valence-corrected chi connectivity index (χ4v) is 2.75. The van der Waals surface area contributed by atoms with E-state index in [1.165, 1.54) is 45.2 Å². The molecule has 0 spiro atoms. The number of hydrogen-bond donors (Lipinski definition) is 1. The molecule has 0 bridgehead atoms. The van der Waals surface area contributed by atoms with Gasteiger partial charge < -0.3 is 10.1 Å². The van der Waals surface area contributed by atoms with Gasteiger partial charge in [-0.3, -0.25) is 4.90 Å². The van der Waals surface area contributed by atoms with E-state index in [9.17, 15) is 0 Å². The molecule has 0 radical (unpaired) electrons. The van der Waals surface area contributed by atoms with Gasteiger partial charge in [0.05, 0.1) is 6.61 Å². The number of ether oxygens (including phenoxy) is 1. The van der Waals surface area contributed by atoms with Gasteiger partial charge in [-0.15, -0.1) is 0 Å². The standard InChI is InChI=1S/C14H30N2O/c1-4-16(13(2)12-17-3)11-7-9-14-8-5-6-10-15-14/h13-15H,4-12H2,1-3H3. The third-order valence-corrected chi connectivity index (χ3v) is 3.85. The van der Waals surface area contributed by atoms with Crippen LogP contribution in [0.25, 0.3) is 0 Å². The summed E-state index contributed by atoms with van der Waals surface area (Å²) in [6, 6.07) is 1.32. The lowest BCUT2D eigenvalue weighted by molar-refractivity contribution is 0.101. The maximum Gasteiger partial charge on any atom is 0.0615 e. The zero-order chi connectivity index (χ0) is 12.5. The van der Waals surface area contributed by atoms with Crippen molar-refractivity contribution in [3.63, 3.8) is 0 Å². The van der Waals surface area contributed by atoms with Crippen LogP contribution >= 0.6 is 0 Å². The summed E-state index contributed by atoms with van der Waals surface area (Å²) in [5, 5.41) is 3.62. The molecule has 102 valence electrons. The van der Waals surface area contributed by atoms with Crippen LogP contribution in [-0.2, 0) is 4.74 Å². The van der Waals surface area contributed by atoms with Crippen molar-refractivity contribution in [2.45, 2.75) is 58.0 Å². The van der Waals surface area contributed by atoms with Crippen LogP contribution in [0.5, 0.6) is 0 Å². The fraction of sp³-hybridized carbons (Fsp3) is 1.00. The van der Waals surface area contributed by atoms with E-state index in [-0.39, 0.29) is 0 Å². The van der Waals surface area contributed by atoms with Crippen LogP contribution in [0.3, 0.4) is 0 Å². The molecule has 3 heteroatoms. The highest BCUT2D eigenvalue weighted by atomic mass is 16.5. The second-order valence-electron chi connectivity index (χ2n) is 5.22. The Morgan fingerprint density at radius 1 is 1.41 bits per heavy atom. The lowest BCUT2D eigenvalue weighted by Gasteiger charge is -2.29. The lowest BCUT2D eigenvalue weighted by atomic mass is 10.0. The van der Waals surface area contributed by atoms with E-state index in [1.54, 1.807) is 7.11 Å². The van der Waals surface area contributed by atoms with Crippen molar-refractivity contribution in [3.05, 3.63) is 0 Å². The van der Waals surface area contributed by atoms with Gasteiger partial charge in [0, 0.05) is 19.2 Å². The van der Waals surface area contributed by atoms with E-state index in [4.69, 9.17) is 4.74 Å². The largest absolute Gasteiger partial charge is 0.383 e. The average Bonchev–Trinajstić information content (AvgIpc) is 2.36. The molecular weight excluding hydrogens is 212 g/mol. The van der Waals surface area contributed by atoms with E-state index in [0.29, 0.717) is 6.04 Å². The molecule has 0 aromatic heterocycles. The van der Waals surface area contributed by atoms with Crippen molar-refractivity contribution in [1.82, 2.24) is 10.2 Å². The Balaban J connectivity index is 2.13. The first kappa shape index (κ1) is 14.9. The number of nitrogens with zero attached hydrogens (tertiary/aromatic N) is 1. The van der Waals surface area contributed by atoms with Crippen molar-refractivity contribution < 1.29 is 4.74 Å². The fourth-order valence-electron chi connectivity index (χ4n) is 2.75. The summed E-state index contributed by atoms with van der Waals surface area (Å²) in [6.07, 6.45) is 6.78. The SMILES string of the molecule is CCN(CCCC1CCCCN1)C(C)COC. The number of likely N-dealkylation sites (N-methyl/N-ethyl adjacent to an activating group) is 1. The molecule has 1 rings (SSSR count). The first-order valence-corrected chi connectivity index (χ1v) is 7.24. The molecule has 17 heavy (non-hydrogen) atoms. The van der Waals surface area contributed by atoms with E-state index in [2.05, 4.69) is 24.1 Å². The molecule has 0 aliphatic carbocycles. The summed E-state index contributed by atoms with van der Waals surface area (Å²) in [5.74, 6) is 0. The molecule has 2 unspecified atom stereocenters. The third kappa shape index (κ3) is 5.84. The predicted octanol–water partition coefficient (Wildman–Crippen LogP) is 2.27. The minimum atomic E-state index is 0.546. The van der Waals surface area contributed by atoms with Crippen LogP contribution in [0, 0.1) is 0 Å². The van der Waals surface area contributed by atoms with Crippen LogP contribution in [-0.4, -0.2) is 50.3 Å². The average molecular weight is 242 g/mol. The molecular formula is C14H30N2O. The maximum absolute atomic E-state index is 5.23. The van der Waals surface area contributed by atoms with E-state index in [1.807, 2.05) is 0 Å². The Kier molecular flexibility index (Phi) is 7.82. The normalized spacial score (nSPS) is 22.9. The Labute approximate surface area is 107 Å². The minimum absolute atomic E-state index is 0.546. The van der Waals surface area contributed by atoms with E-state index >= 15 is 0 Å². The van der Waals surface area contributed by atoms with Gasteiger partial charge >= 0.3 is 0 Å². The second kappa shape index (κ2) is 8.90. The highest BCUT2D eigenvalue weighted by Crippen LogP contribution is 2.12. The minimum Gasteiger partial charge on any atom is -0.383 e. The number of nitrogens with one attached hydrogen (secondary N) is 1. The predicted molar refractivity (Wildman–Crippen MR) is 73.5 cm³/mol. The van der Waals surface area contributed by atoms with Crippen molar-refractivity contribution in [3.8, 4) is 0 Å². The zero-order valence-electron chi connectivity index (χ0n) is 11.9. The molecule has 1 aliphatic heterocycles. The van der Waals surface area contributed by atoms with Gasteiger partial charge in [0.2, 0.25) is 0 Å². The van der Waals surface area contributed by atoms with E-state index in [0.717, 1.165) is 19.2 Å². The summed E-state index contributed by atoms with van der Waals surface area (Å²) in [5.41, 5.74) is 0. The molecule has 2 atom stereocenters. The highest BCUT2D eigenvalue weighted by Gasteiger charge is 2.14. The summed E-state index contributed by atoms with van der Waals surface area (Å²) in [6.45, 7) is 8.90. The van der Waals surface area contributed by atoms with Gasteiger partial charge in [0.1, 0.15) is 0 Å². The lowest BCUT2D eigenvalue weighted by Crippen LogP contribution is -2.38. The molecule has 1 fully saturated rings. The Hall–Kier alpha value is -0.120. The summed E-state index contributed by atoms with van der Waals surface area (Å²) < 4.78 is 5.23. The molecule has 0 aromatic rings. The number of piperidine rings is 1. The van der Waals surface area contributed by atoms with Gasteiger partial charge in [0.25, 0.3) is 0 Å². The van der Waals surface area contributed by atoms with Crippen molar-refractivity contribution in [2.75, 3.05) is 33.4 Å². The first-order chi connectivity index (χ1) is 8.27. The van der Waals surface area contributed by atoms with Crippen LogP contribution in [0.1, 0.15) is 46.0 Å². The maximum atomic E-state index is 5.23. The van der Waals surface area contributed by atoms with Gasteiger partial charge in [-0.1, -0.05) is 13.3 Å². The van der Waals surface area contributed by atoms with Crippen molar-refractivity contribution in [2.24, 2.45) is 0 Å². The number of methoxy groups -OCH3 is 1. The van der Waals surface area contributed by atoms with E-state index < -0.39 is 0 Å². The molecule has 1 N–H and O–H groups in total. The second-order valence-corrected chi connectivity index (χ2v) is 5.22. The molecule has 0 aromatic carbocycles. The molecule has 0 saturated carbocycles. The van der Waals surface area contributed by atoms with Gasteiger partial charge in [-0.05, 0) is 52.2 Å². The topological polar surface area (TPSA) is 24.5 Å². The van der Waals surface area contributed by atoms with Crippen molar-refractivity contribution in [1.29, 1.82) is 0 Å². The summed E-state index contributed by atoms with van der Waals surface area (Å²) in [7, 11) is 1.79. The van der Waals surface area contributed by atoms with Gasteiger partial charge in [-0.25, -0.2) is 0 Å². The van der Waals surface area contributed by atoms with Crippen LogP contribution < -0.4 is 5.32 Å². The molecule has 3 nitrogen and oxygen atoms in total. The molecule has 1 aliphatic rings. The first-order valence-electron chi connectivity index (χ1n) is 7.24. The van der Waals surface area contributed by atoms with Crippen molar-refractivity contribution >= 4 is 0 Å². The Morgan fingerprint density at radius 3 is 2.82 bits per heavy atom. The Morgan fingerprint density at radius 2 is 2.24 bits per heavy atom. The van der Waals surface area contributed by atoms with Gasteiger partial charge in [-0.2, -0.15) is 0 Å². The van der Waals surface area contributed by atoms with Crippen LogP contribution in [0.15, 0.2) is 0 Å². The van der Waals surface area contributed by atoms with Crippen LogP contribution in [0.4, 0.5) is 0 Å². The quantitative estimate of drug-likeness (QED) is 0.706. The highest BCUT2D eigenvalue weighted by molar-refractivity contribution is 4.73.